The van der Waals surface area contributed by atoms with Crippen LogP contribution in [0.4, 0.5) is 5.69 Å². The highest BCUT2D eigenvalue weighted by molar-refractivity contribution is 6.05. The van der Waals surface area contributed by atoms with E-state index in [4.69, 9.17) is 9.47 Å². The van der Waals surface area contributed by atoms with Crippen LogP contribution in [0.15, 0.2) is 23.2 Å². The van der Waals surface area contributed by atoms with Crippen molar-refractivity contribution in [3.63, 3.8) is 0 Å². The molecule has 37 heavy (non-hydrogen) atoms. The van der Waals surface area contributed by atoms with Crippen LogP contribution in [0.2, 0.25) is 0 Å². The molecule has 2 fully saturated rings. The van der Waals surface area contributed by atoms with Gasteiger partial charge in [0, 0.05) is 24.6 Å². The van der Waals surface area contributed by atoms with Gasteiger partial charge in [-0.05, 0) is 43.9 Å². The predicted molar refractivity (Wildman–Crippen MR) is 141 cm³/mol. The lowest BCUT2D eigenvalue weighted by molar-refractivity contribution is -0.151. The molecule has 2 amide bonds. The first kappa shape index (κ1) is 26.9. The maximum atomic E-state index is 13.1. The van der Waals surface area contributed by atoms with Crippen molar-refractivity contribution in [1.82, 2.24) is 15.1 Å². The number of esters is 1. The summed E-state index contributed by atoms with van der Waals surface area (Å²) in [5, 5.41) is 2.77. The van der Waals surface area contributed by atoms with Gasteiger partial charge in [-0.1, -0.05) is 45.4 Å². The molecule has 9 nitrogen and oxygen atoms in total. The molecular formula is C28H40N4O5. The Morgan fingerprint density at radius 3 is 2.73 bits per heavy atom. The Bertz CT molecular complexity index is 989. The SMILES string of the molecule is CCCCCCOC(=O)CN(C(=O)CCCOc1ccc2c(c1)CN1CC(=O)NC1=N2)C1CCCCC1. The van der Waals surface area contributed by atoms with Crippen molar-refractivity contribution >= 4 is 29.4 Å². The number of benzene rings is 1. The van der Waals surface area contributed by atoms with E-state index >= 15 is 0 Å². The van der Waals surface area contributed by atoms with E-state index in [1.165, 1.54) is 6.42 Å². The van der Waals surface area contributed by atoms with Crippen molar-refractivity contribution in [1.29, 1.82) is 0 Å². The van der Waals surface area contributed by atoms with E-state index in [9.17, 15) is 14.4 Å². The molecule has 0 aromatic heterocycles. The quantitative estimate of drug-likeness (QED) is 0.316. The summed E-state index contributed by atoms with van der Waals surface area (Å²) in [6.45, 7) is 3.94. The molecular weight excluding hydrogens is 472 g/mol. The number of hydrogen-bond donors (Lipinski definition) is 1. The zero-order chi connectivity index (χ0) is 26.0. The third kappa shape index (κ3) is 7.69. The summed E-state index contributed by atoms with van der Waals surface area (Å²) in [5.74, 6) is 0.972. The number of amides is 2. The number of carbonyl (C=O) groups is 3. The lowest BCUT2D eigenvalue weighted by Gasteiger charge is -2.33. The number of carbonyl (C=O) groups excluding carboxylic acids is 3. The second-order valence-corrected chi connectivity index (χ2v) is 10.2. The van der Waals surface area contributed by atoms with Gasteiger partial charge in [-0.15, -0.1) is 0 Å². The van der Waals surface area contributed by atoms with E-state index < -0.39 is 0 Å². The molecule has 1 saturated carbocycles. The summed E-state index contributed by atoms with van der Waals surface area (Å²) in [6, 6.07) is 5.82. The largest absolute Gasteiger partial charge is 0.494 e. The monoisotopic (exact) mass is 512 g/mol. The average molecular weight is 513 g/mol. The molecule has 0 unspecified atom stereocenters. The maximum Gasteiger partial charge on any atom is 0.325 e. The van der Waals surface area contributed by atoms with Crippen LogP contribution >= 0.6 is 0 Å². The number of guanidine groups is 1. The number of nitrogens with one attached hydrogen (secondary N) is 1. The van der Waals surface area contributed by atoms with E-state index in [0.717, 1.165) is 68.4 Å². The van der Waals surface area contributed by atoms with Gasteiger partial charge in [0.05, 0.1) is 18.9 Å². The standard InChI is InChI=1S/C28H40N4O5/c1-2-3-4-8-15-37-27(35)20-32(22-10-6-5-7-11-22)26(34)12-9-16-36-23-13-14-24-21(17-23)18-31-19-25(33)30-28(31)29-24/h13-14,17,22H,2-12,15-16,18-20H2,1H3,(H,29,30,33). The fourth-order valence-electron chi connectivity index (χ4n) is 5.20. The molecule has 0 atom stereocenters. The first-order chi connectivity index (χ1) is 18.0. The highest BCUT2D eigenvalue weighted by Gasteiger charge is 2.29. The van der Waals surface area contributed by atoms with Crippen LogP contribution in [-0.2, 0) is 25.7 Å². The smallest absolute Gasteiger partial charge is 0.325 e. The molecule has 1 N–H and O–H groups in total. The van der Waals surface area contributed by atoms with Crippen LogP contribution < -0.4 is 10.1 Å². The lowest BCUT2D eigenvalue weighted by atomic mass is 9.94. The maximum absolute atomic E-state index is 13.1. The molecule has 0 spiro atoms. The molecule has 9 heteroatoms. The molecule has 202 valence electrons. The number of fused-ring (bicyclic) bond motifs is 2. The van der Waals surface area contributed by atoms with Gasteiger partial charge in [-0.3, -0.25) is 19.7 Å². The third-order valence-corrected chi connectivity index (χ3v) is 7.22. The Balaban J connectivity index is 1.24. The van der Waals surface area contributed by atoms with Gasteiger partial charge >= 0.3 is 5.97 Å². The minimum absolute atomic E-state index is 0.00283. The van der Waals surface area contributed by atoms with Gasteiger partial charge in [-0.25, -0.2) is 4.99 Å². The topological polar surface area (TPSA) is 101 Å². The Kier molecular flexibility index (Phi) is 9.79. The predicted octanol–water partition coefficient (Wildman–Crippen LogP) is 4.06. The van der Waals surface area contributed by atoms with Crippen molar-refractivity contribution in [3.8, 4) is 5.75 Å². The fourth-order valence-corrected chi connectivity index (χ4v) is 5.20. The van der Waals surface area contributed by atoms with E-state index in [2.05, 4.69) is 17.2 Å². The van der Waals surface area contributed by atoms with Gasteiger partial charge in [0.1, 0.15) is 18.8 Å². The summed E-state index contributed by atoms with van der Waals surface area (Å²) in [7, 11) is 0. The van der Waals surface area contributed by atoms with E-state index in [1.807, 2.05) is 23.1 Å². The van der Waals surface area contributed by atoms with Crippen molar-refractivity contribution in [2.24, 2.45) is 4.99 Å². The Hall–Kier alpha value is -3.10. The summed E-state index contributed by atoms with van der Waals surface area (Å²) in [5.41, 5.74) is 1.84. The molecule has 2 heterocycles. The van der Waals surface area contributed by atoms with Gasteiger partial charge < -0.3 is 19.3 Å². The Labute approximate surface area is 219 Å². The Morgan fingerprint density at radius 1 is 1.08 bits per heavy atom. The fraction of sp³-hybridized carbons (Fsp3) is 0.643. The van der Waals surface area contributed by atoms with Crippen molar-refractivity contribution in [3.05, 3.63) is 23.8 Å². The van der Waals surface area contributed by atoms with Crippen LogP contribution in [0.5, 0.6) is 5.75 Å². The first-order valence-corrected chi connectivity index (χ1v) is 13.9. The van der Waals surface area contributed by atoms with Gasteiger partial charge in [0.25, 0.3) is 0 Å². The summed E-state index contributed by atoms with van der Waals surface area (Å²) in [6.07, 6.45) is 10.4. The van der Waals surface area contributed by atoms with Gasteiger partial charge in [0.15, 0.2) is 0 Å². The number of unbranched alkanes of at least 4 members (excludes halogenated alkanes) is 3. The summed E-state index contributed by atoms with van der Waals surface area (Å²) < 4.78 is 11.4. The normalized spacial score (nSPS) is 16.9. The average Bonchev–Trinajstić information content (AvgIpc) is 3.27. The van der Waals surface area contributed by atoms with E-state index in [-0.39, 0.29) is 30.4 Å². The second kappa shape index (κ2) is 13.4. The minimum atomic E-state index is -0.304. The van der Waals surface area contributed by atoms with Crippen LogP contribution in [-0.4, -0.2) is 65.9 Å². The molecule has 0 radical (unpaired) electrons. The second-order valence-electron chi connectivity index (χ2n) is 10.2. The van der Waals surface area contributed by atoms with Gasteiger partial charge in [0.2, 0.25) is 17.8 Å². The number of hydrogen-bond acceptors (Lipinski definition) is 7. The molecule has 4 rings (SSSR count). The van der Waals surface area contributed by atoms with Gasteiger partial charge in [-0.2, -0.15) is 0 Å². The van der Waals surface area contributed by atoms with Crippen LogP contribution in [0.3, 0.4) is 0 Å². The van der Waals surface area contributed by atoms with Crippen LogP contribution in [0.25, 0.3) is 0 Å². The lowest BCUT2D eigenvalue weighted by Crippen LogP contribution is -2.45. The number of aliphatic imine (C=N–C) groups is 1. The van der Waals surface area contributed by atoms with Crippen molar-refractivity contribution < 1.29 is 23.9 Å². The molecule has 1 aromatic carbocycles. The zero-order valence-corrected chi connectivity index (χ0v) is 22.0. The molecule has 1 aromatic rings. The van der Waals surface area contributed by atoms with E-state index in [0.29, 0.717) is 45.1 Å². The van der Waals surface area contributed by atoms with Crippen molar-refractivity contribution in [2.45, 2.75) is 90.1 Å². The van der Waals surface area contributed by atoms with Crippen molar-refractivity contribution in [2.75, 3.05) is 26.3 Å². The number of rotatable bonds is 13. The van der Waals surface area contributed by atoms with Crippen LogP contribution in [0, 0.1) is 0 Å². The molecule has 3 aliphatic rings. The first-order valence-electron chi connectivity index (χ1n) is 13.9. The highest BCUT2D eigenvalue weighted by Crippen LogP contribution is 2.30. The Morgan fingerprint density at radius 2 is 1.92 bits per heavy atom. The number of nitrogens with zero attached hydrogens (tertiary/aromatic N) is 3. The molecule has 2 aliphatic heterocycles. The highest BCUT2D eigenvalue weighted by atomic mass is 16.5. The number of ether oxygens (including phenoxy) is 2. The van der Waals surface area contributed by atoms with E-state index in [1.54, 1.807) is 4.90 Å². The van der Waals surface area contributed by atoms with Crippen LogP contribution in [0.1, 0.15) is 83.1 Å². The summed E-state index contributed by atoms with van der Waals surface area (Å²) in [4.78, 5) is 45.4. The third-order valence-electron chi connectivity index (χ3n) is 7.22. The molecule has 1 aliphatic carbocycles. The summed E-state index contributed by atoms with van der Waals surface area (Å²) >= 11 is 0. The molecule has 0 bridgehead atoms. The minimum Gasteiger partial charge on any atom is -0.494 e. The molecule has 1 saturated heterocycles. The zero-order valence-electron chi connectivity index (χ0n) is 22.0.